The fourth-order valence-corrected chi connectivity index (χ4v) is 5.21. The van der Waals surface area contributed by atoms with E-state index in [-0.39, 0.29) is 18.0 Å². The van der Waals surface area contributed by atoms with E-state index in [0.29, 0.717) is 29.3 Å². The summed E-state index contributed by atoms with van der Waals surface area (Å²) in [5, 5.41) is 4.23. The minimum Gasteiger partial charge on any atom is -0.462 e. The number of quaternary nitrogens is 1. The molecule has 40 heavy (non-hydrogen) atoms. The zero-order chi connectivity index (χ0) is 28.0. The Bertz CT molecular complexity index is 1750. The van der Waals surface area contributed by atoms with Crippen molar-refractivity contribution in [3.8, 4) is 22.5 Å². The number of rotatable bonds is 10. The smallest absolute Gasteiger partial charge is 0.362 e. The fourth-order valence-electron chi connectivity index (χ4n) is 4.17. The molecule has 3 aromatic heterocycles. The summed E-state index contributed by atoms with van der Waals surface area (Å²) in [6.07, 6.45) is 4.47. The Labute approximate surface area is 231 Å². The SMILES string of the molecule is CCOC(=O)C[NH2+]S(=O)(=O)c1cncc(-c2nc(NCc3ccccn3)c3c(-c4ccccc4)cccc3n2)c1. The summed E-state index contributed by atoms with van der Waals surface area (Å²) >= 11 is 0. The van der Waals surface area contributed by atoms with Gasteiger partial charge in [0.1, 0.15) is 10.7 Å². The highest BCUT2D eigenvalue weighted by Crippen LogP contribution is 2.34. The van der Waals surface area contributed by atoms with Crippen LogP contribution in [0.2, 0.25) is 0 Å². The molecule has 0 atom stereocenters. The van der Waals surface area contributed by atoms with E-state index in [4.69, 9.17) is 14.7 Å². The van der Waals surface area contributed by atoms with Gasteiger partial charge in [-0.1, -0.05) is 48.5 Å². The van der Waals surface area contributed by atoms with E-state index < -0.39 is 16.0 Å². The van der Waals surface area contributed by atoms with Crippen LogP contribution in [0.3, 0.4) is 0 Å². The van der Waals surface area contributed by atoms with Gasteiger partial charge in [-0.3, -0.25) is 9.97 Å². The van der Waals surface area contributed by atoms with Gasteiger partial charge >= 0.3 is 16.0 Å². The molecule has 3 N–H and O–H groups in total. The van der Waals surface area contributed by atoms with E-state index in [9.17, 15) is 13.2 Å². The summed E-state index contributed by atoms with van der Waals surface area (Å²) < 4.78 is 31.6. The first kappa shape index (κ1) is 26.9. The summed E-state index contributed by atoms with van der Waals surface area (Å²) in [5.41, 5.74) is 3.89. The Morgan fingerprint density at radius 3 is 2.55 bits per heavy atom. The van der Waals surface area contributed by atoms with Crippen molar-refractivity contribution in [2.45, 2.75) is 18.4 Å². The van der Waals surface area contributed by atoms with E-state index in [1.165, 1.54) is 18.5 Å². The van der Waals surface area contributed by atoms with Crippen LogP contribution in [0, 0.1) is 0 Å². The molecule has 0 radical (unpaired) electrons. The number of hydrogen-bond acceptors (Lipinski definition) is 9. The molecule has 0 unspecified atom stereocenters. The second kappa shape index (κ2) is 12.0. The van der Waals surface area contributed by atoms with E-state index in [2.05, 4.69) is 15.3 Å². The third kappa shape index (κ3) is 6.11. The van der Waals surface area contributed by atoms with Gasteiger partial charge in [-0.15, -0.1) is 0 Å². The van der Waals surface area contributed by atoms with Gasteiger partial charge in [0.05, 0.1) is 35.9 Å². The second-order valence-corrected chi connectivity index (χ2v) is 10.7. The monoisotopic (exact) mass is 555 g/mol. The molecule has 0 fully saturated rings. The van der Waals surface area contributed by atoms with Gasteiger partial charge in [-0.05, 0) is 42.3 Å². The van der Waals surface area contributed by atoms with Crippen molar-refractivity contribution in [1.82, 2.24) is 19.9 Å². The van der Waals surface area contributed by atoms with Gasteiger partial charge in [-0.2, -0.15) is 8.42 Å². The highest BCUT2D eigenvalue weighted by molar-refractivity contribution is 7.84. The molecule has 5 aromatic rings. The predicted octanol–water partition coefficient (Wildman–Crippen LogP) is 3.18. The van der Waals surface area contributed by atoms with Crippen LogP contribution >= 0.6 is 0 Å². The summed E-state index contributed by atoms with van der Waals surface area (Å²) in [7, 11) is -3.91. The Balaban J connectivity index is 1.57. The van der Waals surface area contributed by atoms with Gasteiger partial charge in [0.25, 0.3) is 0 Å². The van der Waals surface area contributed by atoms with Crippen molar-refractivity contribution < 1.29 is 22.7 Å². The number of nitrogens with zero attached hydrogens (tertiary/aromatic N) is 4. The standard InChI is InChI=1S/C29H26N6O4S/c1-2-39-26(36)19-33-40(37,38)23-15-21(16-30-18-23)28-34-25-13-8-12-24(20-9-4-3-5-10-20)27(25)29(35-28)32-17-22-11-6-7-14-31-22/h3-16,18,33H,2,17,19H2,1H3,(H,32,34,35)/p+1. The number of hydrogen-bond donors (Lipinski definition) is 2. The normalized spacial score (nSPS) is 11.3. The Morgan fingerprint density at radius 1 is 0.950 bits per heavy atom. The van der Waals surface area contributed by atoms with Gasteiger partial charge in [-0.25, -0.2) is 19.5 Å². The summed E-state index contributed by atoms with van der Waals surface area (Å²) in [6, 6.07) is 22.9. The topological polar surface area (TPSA) is 141 Å². The second-order valence-electron chi connectivity index (χ2n) is 8.77. The van der Waals surface area contributed by atoms with Gasteiger partial charge < -0.3 is 10.1 Å². The number of nitrogens with two attached hydrogens (primary N) is 1. The van der Waals surface area contributed by atoms with E-state index >= 15 is 0 Å². The van der Waals surface area contributed by atoms with Crippen LogP contribution in [0.1, 0.15) is 12.6 Å². The molecule has 0 spiro atoms. The van der Waals surface area contributed by atoms with Crippen molar-refractivity contribution in [2.75, 3.05) is 18.5 Å². The molecule has 11 heteroatoms. The van der Waals surface area contributed by atoms with Crippen molar-refractivity contribution in [2.24, 2.45) is 0 Å². The Hall–Kier alpha value is -4.74. The number of pyridine rings is 2. The van der Waals surface area contributed by atoms with Gasteiger partial charge in [0.15, 0.2) is 12.4 Å². The lowest BCUT2D eigenvalue weighted by Crippen LogP contribution is -2.88. The van der Waals surface area contributed by atoms with Crippen molar-refractivity contribution in [1.29, 1.82) is 0 Å². The molecule has 10 nitrogen and oxygen atoms in total. The molecule has 202 valence electrons. The molecular weight excluding hydrogens is 528 g/mol. The zero-order valence-electron chi connectivity index (χ0n) is 21.7. The van der Waals surface area contributed by atoms with E-state index in [1.807, 2.05) is 66.7 Å². The summed E-state index contributed by atoms with van der Waals surface area (Å²) in [5.74, 6) is 0.259. The summed E-state index contributed by atoms with van der Waals surface area (Å²) in [4.78, 5) is 29.8. The van der Waals surface area contributed by atoms with Gasteiger partial charge in [0.2, 0.25) is 0 Å². The predicted molar refractivity (Wildman–Crippen MR) is 150 cm³/mol. The van der Waals surface area contributed by atoms with Crippen molar-refractivity contribution in [3.63, 3.8) is 0 Å². The van der Waals surface area contributed by atoms with E-state index in [0.717, 1.165) is 26.9 Å². The maximum absolute atomic E-state index is 12.9. The van der Waals surface area contributed by atoms with Crippen LogP contribution in [-0.2, 0) is 26.1 Å². The Morgan fingerprint density at radius 2 is 1.77 bits per heavy atom. The number of sulfonamides is 1. The number of esters is 1. The number of benzene rings is 2. The zero-order valence-corrected chi connectivity index (χ0v) is 22.5. The number of nitrogens with one attached hydrogen (secondary N) is 1. The van der Waals surface area contributed by atoms with Crippen LogP contribution in [0.25, 0.3) is 33.4 Å². The molecule has 0 saturated carbocycles. The maximum Gasteiger partial charge on any atom is 0.362 e. The van der Waals surface area contributed by atoms with Crippen molar-refractivity contribution >= 4 is 32.7 Å². The lowest BCUT2D eigenvalue weighted by molar-refractivity contribution is -0.486. The molecule has 5 rings (SSSR count). The van der Waals surface area contributed by atoms with Crippen LogP contribution in [-0.4, -0.2) is 47.5 Å². The van der Waals surface area contributed by atoms with Crippen molar-refractivity contribution in [3.05, 3.63) is 97.1 Å². The largest absolute Gasteiger partial charge is 0.462 e. The number of aromatic nitrogens is 4. The highest BCUT2D eigenvalue weighted by Gasteiger charge is 2.22. The lowest BCUT2D eigenvalue weighted by Gasteiger charge is -2.14. The van der Waals surface area contributed by atoms with Gasteiger partial charge in [0, 0.05) is 18.0 Å². The average Bonchev–Trinajstić information content (AvgIpc) is 2.99. The molecule has 0 aliphatic carbocycles. The van der Waals surface area contributed by atoms with E-state index in [1.54, 1.807) is 13.1 Å². The molecule has 2 aromatic carbocycles. The van der Waals surface area contributed by atoms with Crippen LogP contribution in [0.5, 0.6) is 0 Å². The minimum absolute atomic E-state index is 0.0703. The first-order valence-electron chi connectivity index (χ1n) is 12.6. The number of carbonyl (C=O) groups excluding carboxylic acids is 1. The Kier molecular flexibility index (Phi) is 8.04. The van der Waals surface area contributed by atoms with Crippen LogP contribution in [0.15, 0.2) is 96.3 Å². The van der Waals surface area contributed by atoms with Crippen LogP contribution < -0.4 is 10.0 Å². The molecule has 3 heterocycles. The molecule has 0 aliphatic heterocycles. The van der Waals surface area contributed by atoms with Crippen LogP contribution in [0.4, 0.5) is 5.82 Å². The quantitative estimate of drug-likeness (QED) is 0.249. The number of ether oxygens (including phenoxy) is 1. The summed E-state index contributed by atoms with van der Waals surface area (Å²) in [6.45, 7) is 1.89. The molecule has 0 saturated heterocycles. The third-order valence-corrected chi connectivity index (χ3v) is 7.53. The molecule has 0 bridgehead atoms. The molecule has 0 amide bonds. The number of fused-ring (bicyclic) bond motifs is 1. The fraction of sp³-hybridized carbons (Fsp3) is 0.138. The highest BCUT2D eigenvalue weighted by atomic mass is 32.2. The molecular formula is C29H27N6O4S+. The number of primary sulfonamides is 1. The lowest BCUT2D eigenvalue weighted by atomic mass is 10.0. The average molecular weight is 556 g/mol. The first-order chi connectivity index (χ1) is 19.4. The maximum atomic E-state index is 12.9. The molecule has 0 aliphatic rings. The third-order valence-electron chi connectivity index (χ3n) is 6.05. The number of anilines is 1. The minimum atomic E-state index is -3.91. The first-order valence-corrected chi connectivity index (χ1v) is 14.2. The number of carbonyl (C=O) groups is 1.